The van der Waals surface area contributed by atoms with Crippen molar-refractivity contribution >= 4 is 6.98 Å². The minimum Gasteiger partial charge on any atom is -0.448 e. The van der Waals surface area contributed by atoms with Crippen LogP contribution in [0.4, 0.5) is 12.9 Å². The van der Waals surface area contributed by atoms with Gasteiger partial charge in [-0.3, -0.25) is 0 Å². The first-order valence-electron chi connectivity index (χ1n) is 5.40. The SMILES string of the molecule is CN(C[B-](F)(F)F)C1CCCCCC1.[K+]. The molecular weight excluding hydrogens is 229 g/mol. The zero-order chi connectivity index (χ0) is 10.6. The summed E-state index contributed by atoms with van der Waals surface area (Å²) in [5.41, 5.74) is 0. The summed E-state index contributed by atoms with van der Waals surface area (Å²) in [5.74, 6) is 0. The van der Waals surface area contributed by atoms with Crippen molar-refractivity contribution in [3.8, 4) is 0 Å². The van der Waals surface area contributed by atoms with Crippen LogP contribution in [-0.2, 0) is 0 Å². The Hall–Kier alpha value is 1.45. The Kier molecular flexibility index (Phi) is 8.46. The van der Waals surface area contributed by atoms with E-state index in [2.05, 4.69) is 0 Å². The molecule has 1 aliphatic carbocycles. The molecule has 0 aromatic carbocycles. The number of rotatable bonds is 3. The summed E-state index contributed by atoms with van der Waals surface area (Å²) in [5, 5.41) is 0. The Morgan fingerprint density at radius 1 is 1.07 bits per heavy atom. The zero-order valence-corrected chi connectivity index (χ0v) is 12.8. The second kappa shape index (κ2) is 7.72. The van der Waals surface area contributed by atoms with Crippen LogP contribution < -0.4 is 51.4 Å². The van der Waals surface area contributed by atoms with Crippen LogP contribution in [0.1, 0.15) is 38.5 Å². The first kappa shape index (κ1) is 16.5. The predicted molar refractivity (Wildman–Crippen MR) is 53.2 cm³/mol. The second-order valence-corrected chi connectivity index (χ2v) is 4.30. The van der Waals surface area contributed by atoms with E-state index in [0.29, 0.717) is 0 Å². The van der Waals surface area contributed by atoms with E-state index in [4.69, 9.17) is 0 Å². The molecule has 0 aromatic heterocycles. The topological polar surface area (TPSA) is 3.24 Å². The van der Waals surface area contributed by atoms with Crippen LogP contribution in [0.2, 0.25) is 0 Å². The first-order valence-corrected chi connectivity index (χ1v) is 5.40. The fourth-order valence-electron chi connectivity index (χ4n) is 2.17. The Balaban J connectivity index is 0.00000196. The van der Waals surface area contributed by atoms with Crippen molar-refractivity contribution in [1.29, 1.82) is 0 Å². The molecule has 0 bridgehead atoms. The molecule has 0 heterocycles. The Morgan fingerprint density at radius 3 is 1.93 bits per heavy atom. The molecule has 6 heteroatoms. The van der Waals surface area contributed by atoms with E-state index in [9.17, 15) is 12.9 Å². The van der Waals surface area contributed by atoms with Crippen molar-refractivity contribution in [2.24, 2.45) is 0 Å². The monoisotopic (exact) mass is 247 g/mol. The summed E-state index contributed by atoms with van der Waals surface area (Å²) in [6.07, 6.45) is 5.69. The maximum Gasteiger partial charge on any atom is 1.00 e. The molecule has 0 saturated heterocycles. The summed E-state index contributed by atoms with van der Waals surface area (Å²) in [7, 11) is 1.60. The van der Waals surface area contributed by atoms with Gasteiger partial charge in [0.05, 0.1) is 0 Å². The Labute approximate surface area is 133 Å². The maximum atomic E-state index is 12.2. The van der Waals surface area contributed by atoms with Gasteiger partial charge in [0.15, 0.2) is 0 Å². The molecule has 1 nitrogen and oxygen atoms in total. The van der Waals surface area contributed by atoms with Crippen LogP contribution in [0.3, 0.4) is 0 Å². The molecule has 84 valence electrons. The van der Waals surface area contributed by atoms with Crippen LogP contribution in [0, 0.1) is 0 Å². The first-order chi connectivity index (χ1) is 6.49. The number of hydrogen-bond donors (Lipinski definition) is 0. The summed E-state index contributed by atoms with van der Waals surface area (Å²) < 4.78 is 36.6. The van der Waals surface area contributed by atoms with Gasteiger partial charge in [-0.25, -0.2) is 0 Å². The number of nitrogens with zero attached hydrogens (tertiary/aromatic N) is 1. The van der Waals surface area contributed by atoms with Crippen molar-refractivity contribution in [2.75, 3.05) is 13.5 Å². The third kappa shape index (κ3) is 7.39. The largest absolute Gasteiger partial charge is 1.00 e. The molecule has 15 heavy (non-hydrogen) atoms. The molecule has 1 rings (SSSR count). The number of hydrogen-bond acceptors (Lipinski definition) is 1. The van der Waals surface area contributed by atoms with Gasteiger partial charge in [0, 0.05) is 6.04 Å². The van der Waals surface area contributed by atoms with E-state index < -0.39 is 13.4 Å². The molecule has 0 aromatic rings. The van der Waals surface area contributed by atoms with Gasteiger partial charge in [-0.15, -0.1) is 0 Å². The normalized spacial score (nSPS) is 19.8. The summed E-state index contributed by atoms with van der Waals surface area (Å²) in [4.78, 5) is 1.49. The summed E-state index contributed by atoms with van der Waals surface area (Å²) in [6.45, 7) is -4.66. The fraction of sp³-hybridized carbons (Fsp3) is 1.00. The Morgan fingerprint density at radius 2 is 1.53 bits per heavy atom. The van der Waals surface area contributed by atoms with Gasteiger partial charge in [0.25, 0.3) is 0 Å². The van der Waals surface area contributed by atoms with Crippen molar-refractivity contribution in [3.05, 3.63) is 0 Å². The minimum absolute atomic E-state index is 0. The zero-order valence-electron chi connectivity index (χ0n) is 9.69. The molecule has 0 aliphatic heterocycles. The van der Waals surface area contributed by atoms with E-state index in [1.807, 2.05) is 0 Å². The van der Waals surface area contributed by atoms with E-state index in [-0.39, 0.29) is 57.4 Å². The molecule has 0 radical (unpaired) electrons. The van der Waals surface area contributed by atoms with Gasteiger partial charge >= 0.3 is 58.4 Å². The van der Waals surface area contributed by atoms with Crippen molar-refractivity contribution in [3.63, 3.8) is 0 Å². The van der Waals surface area contributed by atoms with E-state index >= 15 is 0 Å². The average Bonchev–Trinajstić information content (AvgIpc) is 2.27. The van der Waals surface area contributed by atoms with Crippen molar-refractivity contribution < 1.29 is 64.3 Å². The third-order valence-electron chi connectivity index (χ3n) is 2.94. The molecule has 0 N–H and O–H groups in total. The molecule has 0 atom stereocenters. The van der Waals surface area contributed by atoms with Gasteiger partial charge in [-0.2, -0.15) is 0 Å². The molecule has 0 amide bonds. The van der Waals surface area contributed by atoms with Crippen LogP contribution in [0.15, 0.2) is 0 Å². The smallest absolute Gasteiger partial charge is 0.448 e. The molecule has 0 spiro atoms. The van der Waals surface area contributed by atoms with Crippen LogP contribution in [0.5, 0.6) is 0 Å². The fourth-order valence-corrected chi connectivity index (χ4v) is 2.17. The predicted octanol–water partition coefficient (Wildman–Crippen LogP) is 0.0316. The van der Waals surface area contributed by atoms with E-state index in [1.54, 1.807) is 7.05 Å². The second-order valence-electron chi connectivity index (χ2n) is 4.30. The van der Waals surface area contributed by atoms with Gasteiger partial charge in [-0.1, -0.05) is 25.7 Å². The third-order valence-corrected chi connectivity index (χ3v) is 2.94. The molecule has 1 fully saturated rings. The van der Waals surface area contributed by atoms with Crippen LogP contribution in [-0.4, -0.2) is 31.4 Å². The van der Waals surface area contributed by atoms with Gasteiger partial charge in [0.1, 0.15) is 0 Å². The van der Waals surface area contributed by atoms with Gasteiger partial charge in [0.2, 0.25) is 0 Å². The number of halogens is 3. The van der Waals surface area contributed by atoms with Gasteiger partial charge in [-0.05, 0) is 26.3 Å². The maximum absolute atomic E-state index is 12.2. The standard InChI is InChI=1S/C9H18BF3N.K/c1-14(8-10(11,12)13)9-6-4-2-3-5-7-9;/h9H,2-8H2,1H3;/q-1;+1. The Bertz CT molecular complexity index is 169. The molecule has 1 aliphatic rings. The van der Waals surface area contributed by atoms with Crippen molar-refractivity contribution in [1.82, 2.24) is 4.90 Å². The molecular formula is C9H18BF3KN. The van der Waals surface area contributed by atoms with E-state index in [0.717, 1.165) is 25.7 Å². The van der Waals surface area contributed by atoms with Gasteiger partial charge < -0.3 is 17.8 Å². The molecule has 0 unspecified atom stereocenters. The van der Waals surface area contributed by atoms with Crippen molar-refractivity contribution in [2.45, 2.75) is 44.6 Å². The summed E-state index contributed by atoms with van der Waals surface area (Å²) in [6, 6.07) is 0.154. The minimum atomic E-state index is -4.66. The summed E-state index contributed by atoms with van der Waals surface area (Å²) >= 11 is 0. The van der Waals surface area contributed by atoms with Crippen LogP contribution in [0.25, 0.3) is 0 Å². The van der Waals surface area contributed by atoms with E-state index in [1.165, 1.54) is 17.7 Å². The molecule has 1 saturated carbocycles. The quantitative estimate of drug-likeness (QED) is 0.502. The average molecular weight is 247 g/mol. The van der Waals surface area contributed by atoms with Crippen LogP contribution >= 0.6 is 0 Å².